The first-order valence-electron chi connectivity index (χ1n) is 7.57. The fraction of sp³-hybridized carbons (Fsp3) is 0.167. The third-order valence-corrected chi connectivity index (χ3v) is 4.17. The number of ether oxygens (including phenoxy) is 1. The quantitative estimate of drug-likeness (QED) is 0.644. The molecule has 3 rings (SSSR count). The number of nitrogens with zero attached hydrogens (tertiary/aromatic N) is 2. The van der Waals surface area contributed by atoms with Crippen molar-refractivity contribution in [2.45, 2.75) is 18.8 Å². The van der Waals surface area contributed by atoms with Gasteiger partial charge in [0, 0.05) is 0 Å². The Bertz CT molecular complexity index is 844. The molecule has 128 valence electrons. The van der Waals surface area contributed by atoms with E-state index in [1.165, 1.54) is 5.56 Å². The molecule has 0 bridgehead atoms. The molecule has 0 fully saturated rings. The summed E-state index contributed by atoms with van der Waals surface area (Å²) in [5.41, 5.74) is 3.48. The smallest absolute Gasteiger partial charge is 0.314 e. The van der Waals surface area contributed by atoms with Gasteiger partial charge in [-0.1, -0.05) is 53.7 Å². The van der Waals surface area contributed by atoms with Crippen LogP contribution in [0.25, 0.3) is 11.1 Å². The zero-order valence-corrected chi connectivity index (χ0v) is 14.3. The molecular formula is C18H16N2O4S. The van der Waals surface area contributed by atoms with Crippen molar-refractivity contribution in [3.05, 3.63) is 60.0 Å². The predicted molar refractivity (Wildman–Crippen MR) is 93.6 cm³/mol. The van der Waals surface area contributed by atoms with Crippen molar-refractivity contribution < 1.29 is 19.1 Å². The number of aryl methyl sites for hydroxylation is 1. The lowest BCUT2D eigenvalue weighted by Crippen LogP contribution is -1.97. The second kappa shape index (κ2) is 7.85. The van der Waals surface area contributed by atoms with Gasteiger partial charge in [0.2, 0.25) is 0 Å². The molecule has 0 amide bonds. The van der Waals surface area contributed by atoms with Crippen LogP contribution in [0.2, 0.25) is 0 Å². The number of hydrogen-bond acceptors (Lipinski definition) is 6. The first-order valence-corrected chi connectivity index (χ1v) is 8.55. The van der Waals surface area contributed by atoms with Crippen LogP contribution in [0.1, 0.15) is 11.5 Å². The number of aromatic nitrogens is 2. The summed E-state index contributed by atoms with van der Waals surface area (Å²) in [5.74, 6) is -0.0675. The maximum absolute atomic E-state index is 10.5. The lowest BCUT2D eigenvalue weighted by molar-refractivity contribution is -0.133. The fourth-order valence-corrected chi connectivity index (χ4v) is 2.61. The van der Waals surface area contributed by atoms with Gasteiger partial charge in [0.25, 0.3) is 11.1 Å². The van der Waals surface area contributed by atoms with Gasteiger partial charge >= 0.3 is 5.97 Å². The number of carboxylic acid groups (broad SMARTS) is 1. The summed E-state index contributed by atoms with van der Waals surface area (Å²) in [6, 6.07) is 16.1. The molecule has 0 aliphatic carbocycles. The average molecular weight is 356 g/mol. The number of benzene rings is 2. The second-order valence-electron chi connectivity index (χ2n) is 5.32. The number of aliphatic carboxylic acids is 1. The van der Waals surface area contributed by atoms with Gasteiger partial charge < -0.3 is 14.3 Å². The Balaban J connectivity index is 1.57. The molecule has 0 radical (unpaired) electrons. The largest absolute Gasteiger partial charge is 0.484 e. The average Bonchev–Trinajstić information content (AvgIpc) is 3.07. The van der Waals surface area contributed by atoms with Gasteiger partial charge in [-0.3, -0.25) is 4.79 Å². The van der Waals surface area contributed by atoms with E-state index in [-0.39, 0.29) is 17.6 Å². The van der Waals surface area contributed by atoms with Gasteiger partial charge in [-0.25, -0.2) is 0 Å². The molecule has 0 saturated heterocycles. The highest BCUT2D eigenvalue weighted by Crippen LogP contribution is 2.23. The summed E-state index contributed by atoms with van der Waals surface area (Å²) in [4.78, 5) is 10.5. The summed E-state index contributed by atoms with van der Waals surface area (Å²) >= 11 is 0.976. The molecule has 0 saturated carbocycles. The lowest BCUT2D eigenvalue weighted by Gasteiger charge is -2.06. The maximum atomic E-state index is 10.5. The molecule has 3 aromatic rings. The van der Waals surface area contributed by atoms with E-state index in [4.69, 9.17) is 14.3 Å². The van der Waals surface area contributed by atoms with E-state index in [9.17, 15) is 4.79 Å². The summed E-state index contributed by atoms with van der Waals surface area (Å²) in [6.07, 6.45) is 0. The Morgan fingerprint density at radius 2 is 1.72 bits per heavy atom. The normalized spacial score (nSPS) is 10.6. The molecule has 25 heavy (non-hydrogen) atoms. The first kappa shape index (κ1) is 17.0. The van der Waals surface area contributed by atoms with Crippen molar-refractivity contribution >= 4 is 17.7 Å². The summed E-state index contributed by atoms with van der Waals surface area (Å²) in [5, 5.41) is 16.4. The van der Waals surface area contributed by atoms with E-state index < -0.39 is 5.97 Å². The molecule has 0 aliphatic heterocycles. The molecule has 1 aromatic heterocycles. The number of rotatable bonds is 7. The van der Waals surface area contributed by atoms with Gasteiger partial charge in [0.1, 0.15) is 11.5 Å². The highest BCUT2D eigenvalue weighted by Gasteiger charge is 2.09. The van der Waals surface area contributed by atoms with Gasteiger partial charge in [0.15, 0.2) is 6.61 Å². The van der Waals surface area contributed by atoms with Crippen LogP contribution in [0.4, 0.5) is 0 Å². The molecule has 7 heteroatoms. The Morgan fingerprint density at radius 3 is 2.36 bits per heavy atom. The molecule has 0 atom stereocenters. The van der Waals surface area contributed by atoms with E-state index in [0.29, 0.717) is 11.6 Å². The number of carboxylic acids is 1. The van der Waals surface area contributed by atoms with Crippen LogP contribution < -0.4 is 4.74 Å². The van der Waals surface area contributed by atoms with Gasteiger partial charge in [-0.05, 0) is 30.2 Å². The third kappa shape index (κ3) is 4.84. The number of thioether (sulfide) groups is 1. The van der Waals surface area contributed by atoms with Crippen LogP contribution in [0.15, 0.2) is 58.2 Å². The van der Waals surface area contributed by atoms with Crippen molar-refractivity contribution in [2.24, 2.45) is 0 Å². The number of carbonyl (C=O) groups is 1. The Labute approximate surface area is 148 Å². The van der Waals surface area contributed by atoms with Crippen LogP contribution in [0, 0.1) is 6.92 Å². The van der Waals surface area contributed by atoms with Gasteiger partial charge in [-0.2, -0.15) is 0 Å². The molecule has 6 nitrogen and oxygen atoms in total. The monoisotopic (exact) mass is 356 g/mol. The minimum absolute atomic E-state index is 0.122. The van der Waals surface area contributed by atoms with E-state index in [1.807, 2.05) is 24.3 Å². The van der Waals surface area contributed by atoms with Crippen molar-refractivity contribution in [3.63, 3.8) is 0 Å². The van der Waals surface area contributed by atoms with E-state index >= 15 is 0 Å². The lowest BCUT2D eigenvalue weighted by atomic mass is 10.0. The zero-order valence-electron chi connectivity index (χ0n) is 13.5. The van der Waals surface area contributed by atoms with Gasteiger partial charge in [0.05, 0.1) is 0 Å². The highest BCUT2D eigenvalue weighted by atomic mass is 32.2. The Hall–Kier alpha value is -2.80. The van der Waals surface area contributed by atoms with Crippen LogP contribution in [-0.4, -0.2) is 27.0 Å². The minimum Gasteiger partial charge on any atom is -0.484 e. The van der Waals surface area contributed by atoms with E-state index in [2.05, 4.69) is 41.4 Å². The molecular weight excluding hydrogens is 340 g/mol. The highest BCUT2D eigenvalue weighted by molar-refractivity contribution is 7.99. The topological polar surface area (TPSA) is 85.5 Å². The van der Waals surface area contributed by atoms with Gasteiger partial charge in [-0.15, -0.1) is 10.2 Å². The molecule has 1 N–H and O–H groups in total. The SMILES string of the molecule is Cc1ccc(-c2ccc(OCc3nnc(SCC(=O)O)o3)cc2)cc1. The second-order valence-corrected chi connectivity index (χ2v) is 6.25. The van der Waals surface area contributed by atoms with Crippen molar-refractivity contribution in [1.29, 1.82) is 0 Å². The first-order chi connectivity index (χ1) is 12.1. The Morgan fingerprint density at radius 1 is 1.08 bits per heavy atom. The molecule has 0 aliphatic rings. The van der Waals surface area contributed by atoms with Crippen LogP contribution in [-0.2, 0) is 11.4 Å². The fourth-order valence-electron chi connectivity index (χ4n) is 2.11. The van der Waals surface area contributed by atoms with Crippen LogP contribution >= 0.6 is 11.8 Å². The summed E-state index contributed by atoms with van der Waals surface area (Å²) in [7, 11) is 0. The van der Waals surface area contributed by atoms with E-state index in [1.54, 1.807) is 0 Å². The molecule has 1 heterocycles. The Kier molecular flexibility index (Phi) is 5.35. The van der Waals surface area contributed by atoms with Crippen molar-refractivity contribution in [1.82, 2.24) is 10.2 Å². The molecule has 2 aromatic carbocycles. The standard InChI is InChI=1S/C18H16N2O4S/c1-12-2-4-13(5-3-12)14-6-8-15(9-7-14)23-10-16-19-20-18(24-16)25-11-17(21)22/h2-9H,10-11H2,1H3,(H,21,22). The van der Waals surface area contributed by atoms with E-state index in [0.717, 1.165) is 22.9 Å². The molecule has 0 spiro atoms. The number of hydrogen-bond donors (Lipinski definition) is 1. The summed E-state index contributed by atoms with van der Waals surface area (Å²) < 4.78 is 10.9. The minimum atomic E-state index is -0.935. The zero-order chi connectivity index (χ0) is 17.6. The molecule has 0 unspecified atom stereocenters. The maximum Gasteiger partial charge on any atom is 0.314 e. The predicted octanol–water partition coefficient (Wildman–Crippen LogP) is 3.80. The van der Waals surface area contributed by atoms with Crippen LogP contribution in [0.3, 0.4) is 0 Å². The third-order valence-electron chi connectivity index (χ3n) is 3.37. The van der Waals surface area contributed by atoms with Crippen molar-refractivity contribution in [3.8, 4) is 16.9 Å². The van der Waals surface area contributed by atoms with Crippen LogP contribution in [0.5, 0.6) is 5.75 Å². The summed E-state index contributed by atoms with van der Waals surface area (Å²) in [6.45, 7) is 2.19. The van der Waals surface area contributed by atoms with Crippen molar-refractivity contribution in [2.75, 3.05) is 5.75 Å².